The number of likely N-dealkylation sites (N-methyl/N-ethyl adjacent to an activating group) is 1. The Kier molecular flexibility index (Phi) is 5.29. The zero-order valence-corrected chi connectivity index (χ0v) is 15.6. The van der Waals surface area contributed by atoms with Crippen LogP contribution in [-0.2, 0) is 6.54 Å². The van der Waals surface area contributed by atoms with Crippen molar-refractivity contribution in [1.29, 1.82) is 0 Å². The number of nitrogens with one attached hydrogen (secondary N) is 2. The van der Waals surface area contributed by atoms with E-state index in [1.807, 2.05) is 49.5 Å². The number of benzene rings is 1. The van der Waals surface area contributed by atoms with Crippen molar-refractivity contribution in [2.45, 2.75) is 25.0 Å². The summed E-state index contributed by atoms with van der Waals surface area (Å²) in [5.74, 6) is 1.10. The van der Waals surface area contributed by atoms with Crippen LogP contribution in [0.4, 0.5) is 4.79 Å². The van der Waals surface area contributed by atoms with E-state index in [9.17, 15) is 4.79 Å². The van der Waals surface area contributed by atoms with Gasteiger partial charge in [0.1, 0.15) is 0 Å². The number of carbonyl (C=O) groups is 1. The van der Waals surface area contributed by atoms with E-state index >= 15 is 0 Å². The molecule has 0 bridgehead atoms. The van der Waals surface area contributed by atoms with Crippen LogP contribution in [-0.4, -0.2) is 45.7 Å². The van der Waals surface area contributed by atoms with Gasteiger partial charge in [0.15, 0.2) is 0 Å². The topological polar surface area (TPSA) is 96.2 Å². The molecule has 1 aromatic carbocycles. The van der Waals surface area contributed by atoms with E-state index in [0.29, 0.717) is 24.7 Å². The standard InChI is InChI=1S/C20H22N6O2/c1-26-13-16(23-20(27)22-12-14-5-3-2-4-6-14)11-17(26)19-24-18(25-28-19)15-7-9-21-10-8-15/h2-10,16-17H,11-13H2,1H3,(H2,22,23,27)/t16-,17-/m0/s1. The lowest BCUT2D eigenvalue weighted by Gasteiger charge is -2.14. The summed E-state index contributed by atoms with van der Waals surface area (Å²) in [5.41, 5.74) is 1.93. The Hall–Kier alpha value is -3.26. The number of likely N-dealkylation sites (tertiary alicyclic amines) is 1. The van der Waals surface area contributed by atoms with E-state index in [2.05, 4.69) is 30.7 Å². The molecule has 0 saturated carbocycles. The van der Waals surface area contributed by atoms with Crippen molar-refractivity contribution in [2.75, 3.05) is 13.6 Å². The summed E-state index contributed by atoms with van der Waals surface area (Å²) in [6.07, 6.45) is 4.11. The molecule has 3 heterocycles. The van der Waals surface area contributed by atoms with Gasteiger partial charge in [-0.25, -0.2) is 4.79 Å². The van der Waals surface area contributed by atoms with Gasteiger partial charge in [0.25, 0.3) is 0 Å². The SMILES string of the molecule is CN1C[C@@H](NC(=O)NCc2ccccc2)C[C@H]1c1nc(-c2ccncc2)no1. The Balaban J connectivity index is 1.33. The van der Waals surface area contributed by atoms with Crippen LogP contribution in [0.2, 0.25) is 0 Å². The summed E-state index contributed by atoms with van der Waals surface area (Å²) in [5, 5.41) is 10.00. The molecule has 8 heteroatoms. The summed E-state index contributed by atoms with van der Waals surface area (Å²) in [7, 11) is 1.99. The van der Waals surface area contributed by atoms with Crippen molar-refractivity contribution in [3.05, 3.63) is 66.3 Å². The van der Waals surface area contributed by atoms with Crippen molar-refractivity contribution in [3.8, 4) is 11.4 Å². The lowest BCUT2D eigenvalue weighted by atomic mass is 10.1. The van der Waals surface area contributed by atoms with E-state index in [1.165, 1.54) is 0 Å². The molecule has 8 nitrogen and oxygen atoms in total. The fraction of sp³-hybridized carbons (Fsp3) is 0.300. The number of aromatic nitrogens is 3. The fourth-order valence-corrected chi connectivity index (χ4v) is 3.40. The van der Waals surface area contributed by atoms with E-state index < -0.39 is 0 Å². The van der Waals surface area contributed by atoms with Crippen LogP contribution in [0.15, 0.2) is 59.4 Å². The van der Waals surface area contributed by atoms with Crippen molar-refractivity contribution < 1.29 is 9.32 Å². The van der Waals surface area contributed by atoms with E-state index in [-0.39, 0.29) is 18.1 Å². The quantitative estimate of drug-likeness (QED) is 0.708. The molecule has 0 aliphatic carbocycles. The molecule has 4 rings (SSSR count). The normalized spacial score (nSPS) is 19.5. The summed E-state index contributed by atoms with van der Waals surface area (Å²) < 4.78 is 5.48. The predicted octanol–water partition coefficient (Wildman–Crippen LogP) is 2.38. The molecule has 28 heavy (non-hydrogen) atoms. The van der Waals surface area contributed by atoms with Gasteiger partial charge < -0.3 is 15.2 Å². The molecule has 0 radical (unpaired) electrons. The molecule has 1 saturated heterocycles. The number of hydrogen-bond acceptors (Lipinski definition) is 6. The molecule has 2 atom stereocenters. The van der Waals surface area contributed by atoms with Crippen LogP contribution < -0.4 is 10.6 Å². The molecule has 0 unspecified atom stereocenters. The highest BCUT2D eigenvalue weighted by molar-refractivity contribution is 5.74. The first kappa shape index (κ1) is 18.1. The molecule has 2 aromatic heterocycles. The van der Waals surface area contributed by atoms with E-state index in [0.717, 1.165) is 17.7 Å². The minimum Gasteiger partial charge on any atom is -0.337 e. The number of pyridine rings is 1. The zero-order chi connectivity index (χ0) is 19.3. The molecule has 1 fully saturated rings. The van der Waals surface area contributed by atoms with E-state index in [1.54, 1.807) is 12.4 Å². The molecule has 144 valence electrons. The van der Waals surface area contributed by atoms with Gasteiger partial charge in [0.2, 0.25) is 11.7 Å². The van der Waals surface area contributed by atoms with Crippen LogP contribution in [0.3, 0.4) is 0 Å². The molecule has 2 N–H and O–H groups in total. The minimum atomic E-state index is -0.175. The summed E-state index contributed by atoms with van der Waals surface area (Å²) in [6, 6.07) is 13.3. The highest BCUT2D eigenvalue weighted by atomic mass is 16.5. The Morgan fingerprint density at radius 1 is 1.21 bits per heavy atom. The third-order valence-electron chi connectivity index (χ3n) is 4.84. The number of carbonyl (C=O) groups excluding carboxylic acids is 1. The van der Waals surface area contributed by atoms with Gasteiger partial charge in [-0.15, -0.1) is 0 Å². The Morgan fingerprint density at radius 2 is 2.00 bits per heavy atom. The highest BCUT2D eigenvalue weighted by Crippen LogP contribution is 2.30. The van der Waals surface area contributed by atoms with Gasteiger partial charge in [-0.05, 0) is 31.2 Å². The second kappa shape index (κ2) is 8.18. The van der Waals surface area contributed by atoms with Gasteiger partial charge in [-0.1, -0.05) is 35.5 Å². The van der Waals surface area contributed by atoms with Gasteiger partial charge in [-0.3, -0.25) is 9.88 Å². The zero-order valence-electron chi connectivity index (χ0n) is 15.6. The van der Waals surface area contributed by atoms with Crippen LogP contribution in [0.5, 0.6) is 0 Å². The average molecular weight is 378 g/mol. The summed E-state index contributed by atoms with van der Waals surface area (Å²) >= 11 is 0. The molecular weight excluding hydrogens is 356 g/mol. The molecule has 1 aliphatic heterocycles. The number of hydrogen-bond donors (Lipinski definition) is 2. The maximum atomic E-state index is 12.2. The number of rotatable bonds is 5. The van der Waals surface area contributed by atoms with Gasteiger partial charge >= 0.3 is 6.03 Å². The Morgan fingerprint density at radius 3 is 2.79 bits per heavy atom. The number of urea groups is 1. The molecular formula is C20H22N6O2. The highest BCUT2D eigenvalue weighted by Gasteiger charge is 2.35. The second-order valence-electron chi connectivity index (χ2n) is 6.89. The largest absolute Gasteiger partial charge is 0.337 e. The lowest BCUT2D eigenvalue weighted by molar-refractivity contribution is 0.236. The molecule has 3 aromatic rings. The maximum absolute atomic E-state index is 12.2. The smallest absolute Gasteiger partial charge is 0.315 e. The van der Waals surface area contributed by atoms with Crippen molar-refractivity contribution in [3.63, 3.8) is 0 Å². The Labute approximate surface area is 163 Å². The minimum absolute atomic E-state index is 0.0158. The Bertz CT molecular complexity index is 915. The first-order valence-corrected chi connectivity index (χ1v) is 9.21. The second-order valence-corrected chi connectivity index (χ2v) is 6.89. The fourth-order valence-electron chi connectivity index (χ4n) is 3.40. The third kappa shape index (κ3) is 4.17. The predicted molar refractivity (Wildman–Crippen MR) is 103 cm³/mol. The number of amides is 2. The third-order valence-corrected chi connectivity index (χ3v) is 4.84. The van der Waals surface area contributed by atoms with Crippen molar-refractivity contribution >= 4 is 6.03 Å². The van der Waals surface area contributed by atoms with Gasteiger partial charge in [0.05, 0.1) is 6.04 Å². The van der Waals surface area contributed by atoms with Crippen molar-refractivity contribution in [1.82, 2.24) is 30.7 Å². The molecule has 1 aliphatic rings. The first-order valence-electron chi connectivity index (χ1n) is 9.21. The maximum Gasteiger partial charge on any atom is 0.315 e. The summed E-state index contributed by atoms with van der Waals surface area (Å²) in [4.78, 5) is 22.9. The van der Waals surface area contributed by atoms with Crippen LogP contribution in [0, 0.1) is 0 Å². The monoisotopic (exact) mass is 378 g/mol. The van der Waals surface area contributed by atoms with Crippen LogP contribution in [0.25, 0.3) is 11.4 Å². The van der Waals surface area contributed by atoms with Gasteiger partial charge in [0, 0.05) is 37.1 Å². The lowest BCUT2D eigenvalue weighted by Crippen LogP contribution is -2.42. The molecule has 2 amide bonds. The number of nitrogens with zero attached hydrogens (tertiary/aromatic N) is 4. The molecule has 0 spiro atoms. The summed E-state index contributed by atoms with van der Waals surface area (Å²) in [6.45, 7) is 1.22. The van der Waals surface area contributed by atoms with Crippen LogP contribution in [0.1, 0.15) is 23.9 Å². The van der Waals surface area contributed by atoms with Gasteiger partial charge in [-0.2, -0.15) is 4.98 Å². The van der Waals surface area contributed by atoms with E-state index in [4.69, 9.17) is 4.52 Å². The average Bonchev–Trinajstić information content (AvgIpc) is 3.34. The van der Waals surface area contributed by atoms with Crippen LogP contribution >= 0.6 is 0 Å². The van der Waals surface area contributed by atoms with Crippen molar-refractivity contribution in [2.24, 2.45) is 0 Å². The first-order chi connectivity index (χ1) is 13.7.